The molecule has 0 spiro atoms. The molecule has 3 heterocycles. The lowest BCUT2D eigenvalue weighted by molar-refractivity contribution is -0.125. The van der Waals surface area contributed by atoms with Crippen LogP contribution in [-0.4, -0.2) is 48.7 Å². The van der Waals surface area contributed by atoms with Crippen LogP contribution in [0.5, 0.6) is 0 Å². The highest BCUT2D eigenvalue weighted by Crippen LogP contribution is 2.20. The van der Waals surface area contributed by atoms with Crippen molar-refractivity contribution in [2.24, 2.45) is 0 Å². The molecule has 0 radical (unpaired) electrons. The van der Waals surface area contributed by atoms with Crippen LogP contribution in [0, 0.1) is 13.8 Å². The van der Waals surface area contributed by atoms with E-state index < -0.39 is 0 Å². The summed E-state index contributed by atoms with van der Waals surface area (Å²) in [5.74, 6) is 1.16. The molecule has 1 aliphatic rings. The molecule has 4 rings (SSSR count). The van der Waals surface area contributed by atoms with Crippen molar-refractivity contribution in [1.29, 1.82) is 0 Å². The van der Waals surface area contributed by atoms with Gasteiger partial charge in [-0.3, -0.25) is 14.8 Å². The molecule has 28 heavy (non-hydrogen) atoms. The van der Waals surface area contributed by atoms with Gasteiger partial charge in [-0.1, -0.05) is 17.2 Å². The van der Waals surface area contributed by atoms with Crippen molar-refractivity contribution in [1.82, 2.24) is 29.7 Å². The fourth-order valence-corrected chi connectivity index (χ4v) is 3.31. The van der Waals surface area contributed by atoms with Crippen LogP contribution < -0.4 is 5.01 Å². The zero-order valence-corrected chi connectivity index (χ0v) is 15.9. The molecule has 1 amide bonds. The third-order valence-electron chi connectivity index (χ3n) is 4.46. The number of aromatic nitrogens is 5. The fraction of sp³-hybridized carbons (Fsp3) is 0.250. The molecule has 1 aliphatic heterocycles. The van der Waals surface area contributed by atoms with Gasteiger partial charge in [0.15, 0.2) is 11.6 Å². The van der Waals surface area contributed by atoms with Crippen molar-refractivity contribution in [3.05, 3.63) is 60.3 Å². The van der Waals surface area contributed by atoms with E-state index in [0.717, 1.165) is 29.7 Å². The number of aryl methyl sites for hydroxylation is 2. The second kappa shape index (κ2) is 7.59. The van der Waals surface area contributed by atoms with Gasteiger partial charge in [-0.2, -0.15) is 0 Å². The Hall–Kier alpha value is -3.55. The smallest absolute Gasteiger partial charge is 0.266 e. The van der Waals surface area contributed by atoms with Crippen molar-refractivity contribution in [2.75, 3.05) is 18.1 Å². The first-order valence-corrected chi connectivity index (χ1v) is 9.13. The summed E-state index contributed by atoms with van der Waals surface area (Å²) in [6.07, 6.45) is 10.5. The number of hydrogen-bond acceptors (Lipinski definition) is 6. The van der Waals surface area contributed by atoms with Gasteiger partial charge in [-0.05, 0) is 32.4 Å². The van der Waals surface area contributed by atoms with Crippen LogP contribution in [0.15, 0.2) is 49.2 Å². The van der Waals surface area contributed by atoms with E-state index in [1.807, 2.05) is 31.0 Å². The summed E-state index contributed by atoms with van der Waals surface area (Å²) < 4.78 is 1.55. The van der Waals surface area contributed by atoms with E-state index in [2.05, 4.69) is 26.1 Å². The summed E-state index contributed by atoms with van der Waals surface area (Å²) in [6, 6.07) is 6.20. The van der Waals surface area contributed by atoms with Crippen molar-refractivity contribution < 1.29 is 4.79 Å². The summed E-state index contributed by atoms with van der Waals surface area (Å²) in [7, 11) is 0. The largest absolute Gasteiger partial charge is 0.268 e. The number of hydrogen-bond donors (Lipinski definition) is 0. The minimum Gasteiger partial charge on any atom is -0.268 e. The molecule has 0 N–H and O–H groups in total. The Morgan fingerprint density at radius 1 is 1.07 bits per heavy atom. The number of carbonyl (C=O) groups excluding carboxylic acids is 1. The van der Waals surface area contributed by atoms with E-state index in [4.69, 9.17) is 0 Å². The summed E-state index contributed by atoms with van der Waals surface area (Å²) in [5, 5.41) is 7.97. The van der Waals surface area contributed by atoms with Crippen LogP contribution in [0.2, 0.25) is 0 Å². The Balaban J connectivity index is 1.48. The maximum absolute atomic E-state index is 12.7. The standard InChI is InChI=1S/C20H21N7O/c1-15-10-16(2)12-17(11-15)20-23-14-25(24-20)9-4-19(28)27-8-3-7-26(27)18-13-21-5-6-22-18/h4-6,9-14H,3,7-8H2,1-2H3/b9-4-. The van der Waals surface area contributed by atoms with Gasteiger partial charge < -0.3 is 0 Å². The highest BCUT2D eigenvalue weighted by Gasteiger charge is 2.26. The van der Waals surface area contributed by atoms with Gasteiger partial charge in [-0.25, -0.2) is 19.7 Å². The fourth-order valence-electron chi connectivity index (χ4n) is 3.31. The molecule has 8 heteroatoms. The third-order valence-corrected chi connectivity index (χ3v) is 4.46. The lowest BCUT2D eigenvalue weighted by Gasteiger charge is -2.27. The van der Waals surface area contributed by atoms with E-state index in [0.29, 0.717) is 18.2 Å². The predicted octanol–water partition coefficient (Wildman–Crippen LogP) is 2.48. The second-order valence-corrected chi connectivity index (χ2v) is 6.74. The predicted molar refractivity (Wildman–Crippen MR) is 106 cm³/mol. The molecular weight excluding hydrogens is 354 g/mol. The van der Waals surface area contributed by atoms with Crippen LogP contribution in [0.1, 0.15) is 17.5 Å². The van der Waals surface area contributed by atoms with Crippen LogP contribution >= 0.6 is 0 Å². The summed E-state index contributed by atoms with van der Waals surface area (Å²) in [6.45, 7) is 5.47. The first-order valence-electron chi connectivity index (χ1n) is 9.13. The van der Waals surface area contributed by atoms with Gasteiger partial charge in [0.25, 0.3) is 5.91 Å². The normalized spacial score (nSPS) is 14.2. The Kier molecular flexibility index (Phi) is 4.84. The van der Waals surface area contributed by atoms with Gasteiger partial charge in [0.2, 0.25) is 0 Å². The van der Waals surface area contributed by atoms with Crippen LogP contribution in [0.4, 0.5) is 5.82 Å². The SMILES string of the molecule is Cc1cc(C)cc(-c2ncn(/C=C\C(=O)N3CCCN3c3cnccn3)n2)c1. The maximum atomic E-state index is 12.7. The topological polar surface area (TPSA) is 80.0 Å². The molecule has 1 saturated heterocycles. The minimum absolute atomic E-state index is 0.133. The average Bonchev–Trinajstić information content (AvgIpc) is 3.36. The molecule has 0 atom stereocenters. The zero-order chi connectivity index (χ0) is 19.5. The van der Waals surface area contributed by atoms with Crippen molar-refractivity contribution in [2.45, 2.75) is 20.3 Å². The van der Waals surface area contributed by atoms with Crippen LogP contribution in [0.25, 0.3) is 17.6 Å². The Morgan fingerprint density at radius 3 is 2.64 bits per heavy atom. The van der Waals surface area contributed by atoms with Gasteiger partial charge in [0.05, 0.1) is 6.20 Å². The van der Waals surface area contributed by atoms with E-state index in [-0.39, 0.29) is 5.91 Å². The van der Waals surface area contributed by atoms with Crippen molar-refractivity contribution in [3.8, 4) is 11.4 Å². The summed E-state index contributed by atoms with van der Waals surface area (Å²) >= 11 is 0. The first kappa shape index (κ1) is 17.8. The van der Waals surface area contributed by atoms with Crippen molar-refractivity contribution >= 4 is 17.9 Å². The lowest BCUT2D eigenvalue weighted by atomic mass is 10.1. The number of carbonyl (C=O) groups is 1. The molecule has 1 fully saturated rings. The second-order valence-electron chi connectivity index (χ2n) is 6.74. The Morgan fingerprint density at radius 2 is 1.89 bits per heavy atom. The molecule has 2 aromatic heterocycles. The third kappa shape index (κ3) is 3.75. The molecule has 0 aliphatic carbocycles. The van der Waals surface area contributed by atoms with Crippen LogP contribution in [-0.2, 0) is 4.79 Å². The summed E-state index contributed by atoms with van der Waals surface area (Å²) in [5.41, 5.74) is 3.29. The molecule has 8 nitrogen and oxygen atoms in total. The Bertz CT molecular complexity index is 992. The number of rotatable bonds is 4. The maximum Gasteiger partial charge on any atom is 0.266 e. The summed E-state index contributed by atoms with van der Waals surface area (Å²) in [4.78, 5) is 25.4. The highest BCUT2D eigenvalue weighted by molar-refractivity contribution is 5.91. The molecule has 0 bridgehead atoms. The Labute approximate surface area is 163 Å². The molecule has 3 aromatic rings. The lowest BCUT2D eigenvalue weighted by Crippen LogP contribution is -2.41. The van der Waals surface area contributed by atoms with Crippen LogP contribution in [0.3, 0.4) is 0 Å². The molecule has 0 saturated carbocycles. The number of hydrazine groups is 1. The van der Waals surface area contributed by atoms with E-state index in [1.165, 1.54) is 6.08 Å². The van der Waals surface area contributed by atoms with E-state index in [9.17, 15) is 4.79 Å². The monoisotopic (exact) mass is 375 g/mol. The quantitative estimate of drug-likeness (QED) is 0.652. The highest BCUT2D eigenvalue weighted by atomic mass is 16.2. The zero-order valence-electron chi connectivity index (χ0n) is 15.9. The number of nitrogens with zero attached hydrogens (tertiary/aromatic N) is 7. The van der Waals surface area contributed by atoms with Gasteiger partial charge in [-0.15, -0.1) is 5.10 Å². The molecule has 142 valence electrons. The molecular formula is C20H21N7O. The molecule has 0 unspecified atom stereocenters. The van der Waals surface area contributed by atoms with Crippen molar-refractivity contribution in [3.63, 3.8) is 0 Å². The van der Waals surface area contributed by atoms with E-state index >= 15 is 0 Å². The number of amides is 1. The van der Waals surface area contributed by atoms with Gasteiger partial charge in [0.1, 0.15) is 6.33 Å². The van der Waals surface area contributed by atoms with Gasteiger partial charge >= 0.3 is 0 Å². The van der Waals surface area contributed by atoms with Gasteiger partial charge in [0, 0.05) is 43.3 Å². The number of anilines is 1. The first-order chi connectivity index (χ1) is 13.6. The average molecular weight is 375 g/mol. The van der Waals surface area contributed by atoms with E-state index in [1.54, 1.807) is 40.8 Å². The number of benzene rings is 1. The minimum atomic E-state index is -0.133. The molecule has 1 aromatic carbocycles.